The van der Waals surface area contributed by atoms with Gasteiger partial charge >= 0.3 is 0 Å². The summed E-state index contributed by atoms with van der Waals surface area (Å²) in [5.41, 5.74) is 2.89. The molecule has 1 aliphatic carbocycles. The zero-order chi connectivity index (χ0) is 11.7. The first-order valence-corrected chi connectivity index (χ1v) is 6.45. The van der Waals surface area contributed by atoms with Crippen molar-refractivity contribution in [1.82, 2.24) is 0 Å². The Morgan fingerprint density at radius 1 is 1.24 bits per heavy atom. The van der Waals surface area contributed by atoms with Gasteiger partial charge in [-0.25, -0.2) is 0 Å². The highest BCUT2D eigenvalue weighted by atomic mass is 16.5. The molecule has 1 heterocycles. The van der Waals surface area contributed by atoms with Crippen LogP contribution >= 0.6 is 0 Å². The molecule has 1 heteroatoms. The second-order valence-corrected chi connectivity index (χ2v) is 4.87. The van der Waals surface area contributed by atoms with E-state index in [-0.39, 0.29) is 5.41 Å². The maximum atomic E-state index is 5.95. The van der Waals surface area contributed by atoms with Gasteiger partial charge in [-0.2, -0.15) is 0 Å². The van der Waals surface area contributed by atoms with Gasteiger partial charge in [0.1, 0.15) is 12.4 Å². The molecular weight excluding hydrogens is 208 g/mol. The van der Waals surface area contributed by atoms with Crippen molar-refractivity contribution in [2.45, 2.75) is 31.6 Å². The lowest BCUT2D eigenvalue weighted by molar-refractivity contribution is 0.193. The highest BCUT2D eigenvalue weighted by Crippen LogP contribution is 2.45. The first-order valence-electron chi connectivity index (χ1n) is 6.45. The summed E-state index contributed by atoms with van der Waals surface area (Å²) >= 11 is 0. The summed E-state index contributed by atoms with van der Waals surface area (Å²) in [6, 6.07) is 10.8. The van der Waals surface area contributed by atoms with Crippen molar-refractivity contribution < 1.29 is 4.74 Å². The van der Waals surface area contributed by atoms with Crippen LogP contribution in [0.3, 0.4) is 0 Å². The molecule has 0 spiro atoms. The fourth-order valence-corrected chi connectivity index (χ4v) is 3.00. The average molecular weight is 226 g/mol. The first kappa shape index (κ1) is 10.6. The van der Waals surface area contributed by atoms with Crippen molar-refractivity contribution in [3.8, 4) is 0 Å². The number of benzene rings is 1. The van der Waals surface area contributed by atoms with Crippen LogP contribution in [-0.2, 0) is 10.2 Å². The maximum absolute atomic E-state index is 5.95. The molecule has 0 radical (unpaired) electrons. The molecule has 88 valence electrons. The molecule has 0 bridgehead atoms. The third-order valence-corrected chi connectivity index (χ3v) is 4.06. The smallest absolute Gasteiger partial charge is 0.102 e. The van der Waals surface area contributed by atoms with Crippen LogP contribution in [0.5, 0.6) is 0 Å². The fraction of sp³-hybridized carbons (Fsp3) is 0.375. The normalized spacial score (nSPS) is 26.9. The van der Waals surface area contributed by atoms with E-state index in [1.807, 2.05) is 0 Å². The molecule has 0 fully saturated rings. The molecule has 0 saturated heterocycles. The molecule has 2 aliphatic rings. The third kappa shape index (κ3) is 1.53. The number of hydrogen-bond donors (Lipinski definition) is 0. The lowest BCUT2D eigenvalue weighted by Crippen LogP contribution is -2.28. The first-order chi connectivity index (χ1) is 8.37. The van der Waals surface area contributed by atoms with Crippen LogP contribution in [0.15, 0.2) is 53.8 Å². The van der Waals surface area contributed by atoms with Crippen LogP contribution in [-0.4, -0.2) is 6.61 Å². The number of hydrogen-bond acceptors (Lipinski definition) is 1. The Bertz CT molecular complexity index is 470. The SMILES string of the molecule is CCC1(c2ccccc2)COC2=C1C=CCC2. The van der Waals surface area contributed by atoms with Gasteiger partial charge in [-0.1, -0.05) is 49.4 Å². The van der Waals surface area contributed by atoms with Crippen molar-refractivity contribution >= 4 is 0 Å². The highest BCUT2D eigenvalue weighted by molar-refractivity contribution is 5.47. The summed E-state index contributed by atoms with van der Waals surface area (Å²) < 4.78 is 5.95. The summed E-state index contributed by atoms with van der Waals surface area (Å²) in [7, 11) is 0. The minimum absolute atomic E-state index is 0.0908. The topological polar surface area (TPSA) is 9.23 Å². The van der Waals surface area contributed by atoms with Crippen molar-refractivity contribution in [3.63, 3.8) is 0 Å². The van der Waals surface area contributed by atoms with E-state index in [9.17, 15) is 0 Å². The summed E-state index contributed by atoms with van der Waals surface area (Å²) in [5, 5.41) is 0. The quantitative estimate of drug-likeness (QED) is 0.741. The van der Waals surface area contributed by atoms with Crippen molar-refractivity contribution in [2.24, 2.45) is 0 Å². The Morgan fingerprint density at radius 3 is 2.82 bits per heavy atom. The Balaban J connectivity index is 2.10. The van der Waals surface area contributed by atoms with Gasteiger partial charge in [0.25, 0.3) is 0 Å². The fourth-order valence-electron chi connectivity index (χ4n) is 3.00. The Kier molecular flexibility index (Phi) is 2.54. The van der Waals surface area contributed by atoms with Crippen LogP contribution in [0.25, 0.3) is 0 Å². The number of allylic oxidation sites excluding steroid dienone is 3. The Morgan fingerprint density at radius 2 is 2.06 bits per heavy atom. The van der Waals surface area contributed by atoms with E-state index in [0.717, 1.165) is 25.9 Å². The predicted molar refractivity (Wildman–Crippen MR) is 69.8 cm³/mol. The molecule has 0 N–H and O–H groups in total. The van der Waals surface area contributed by atoms with Crippen LogP contribution in [0.4, 0.5) is 0 Å². The van der Waals surface area contributed by atoms with E-state index in [2.05, 4.69) is 49.4 Å². The van der Waals surface area contributed by atoms with E-state index in [0.29, 0.717) is 0 Å². The molecule has 3 rings (SSSR count). The zero-order valence-electron chi connectivity index (χ0n) is 10.3. The highest BCUT2D eigenvalue weighted by Gasteiger charge is 2.41. The maximum Gasteiger partial charge on any atom is 0.102 e. The van der Waals surface area contributed by atoms with Crippen LogP contribution in [0, 0.1) is 0 Å². The molecule has 0 aromatic heterocycles. The lowest BCUT2D eigenvalue weighted by atomic mass is 9.72. The van der Waals surface area contributed by atoms with Gasteiger partial charge < -0.3 is 4.74 Å². The summed E-state index contributed by atoms with van der Waals surface area (Å²) in [6.45, 7) is 3.07. The summed E-state index contributed by atoms with van der Waals surface area (Å²) in [5.74, 6) is 1.22. The number of rotatable bonds is 2. The predicted octanol–water partition coefficient (Wildman–Crippen LogP) is 3.97. The van der Waals surface area contributed by atoms with E-state index in [1.54, 1.807) is 0 Å². The van der Waals surface area contributed by atoms with E-state index >= 15 is 0 Å². The Labute approximate surface area is 103 Å². The van der Waals surface area contributed by atoms with E-state index < -0.39 is 0 Å². The lowest BCUT2D eigenvalue weighted by Gasteiger charge is -2.29. The van der Waals surface area contributed by atoms with Crippen molar-refractivity contribution in [3.05, 3.63) is 59.4 Å². The van der Waals surface area contributed by atoms with Gasteiger partial charge in [0.15, 0.2) is 0 Å². The monoisotopic (exact) mass is 226 g/mol. The molecular formula is C16H18O. The standard InChI is InChI=1S/C16H18O/c1-2-16(13-8-4-3-5-9-13)12-17-15-11-7-6-10-14(15)16/h3-6,8-10H,2,7,11-12H2,1H3. The summed E-state index contributed by atoms with van der Waals surface area (Å²) in [6.07, 6.45) is 7.84. The van der Waals surface area contributed by atoms with Crippen LogP contribution < -0.4 is 0 Å². The van der Waals surface area contributed by atoms with Crippen molar-refractivity contribution in [2.75, 3.05) is 6.61 Å². The van der Waals surface area contributed by atoms with Gasteiger partial charge in [0.05, 0.1) is 5.41 Å². The minimum atomic E-state index is 0.0908. The second-order valence-electron chi connectivity index (χ2n) is 4.87. The molecule has 0 saturated carbocycles. The zero-order valence-corrected chi connectivity index (χ0v) is 10.3. The van der Waals surface area contributed by atoms with Gasteiger partial charge in [0, 0.05) is 12.0 Å². The Hall–Kier alpha value is -1.50. The molecule has 0 amide bonds. The average Bonchev–Trinajstić information content (AvgIpc) is 2.80. The summed E-state index contributed by atoms with van der Waals surface area (Å²) in [4.78, 5) is 0. The van der Waals surface area contributed by atoms with Crippen LogP contribution in [0.1, 0.15) is 31.7 Å². The molecule has 1 aromatic rings. The molecule has 1 nitrogen and oxygen atoms in total. The molecule has 1 unspecified atom stereocenters. The number of ether oxygens (including phenoxy) is 1. The van der Waals surface area contributed by atoms with Crippen LogP contribution in [0.2, 0.25) is 0 Å². The largest absolute Gasteiger partial charge is 0.496 e. The third-order valence-electron chi connectivity index (χ3n) is 4.06. The molecule has 17 heavy (non-hydrogen) atoms. The van der Waals surface area contributed by atoms with Gasteiger partial charge in [0.2, 0.25) is 0 Å². The molecule has 1 aromatic carbocycles. The second kappa shape index (κ2) is 4.06. The molecule has 1 atom stereocenters. The molecule has 1 aliphatic heterocycles. The van der Waals surface area contributed by atoms with Gasteiger partial charge in [-0.05, 0) is 18.4 Å². The van der Waals surface area contributed by atoms with E-state index in [1.165, 1.54) is 16.9 Å². The minimum Gasteiger partial charge on any atom is -0.496 e. The van der Waals surface area contributed by atoms with Gasteiger partial charge in [-0.3, -0.25) is 0 Å². The van der Waals surface area contributed by atoms with Gasteiger partial charge in [-0.15, -0.1) is 0 Å². The van der Waals surface area contributed by atoms with Crippen molar-refractivity contribution in [1.29, 1.82) is 0 Å². The van der Waals surface area contributed by atoms with E-state index in [4.69, 9.17) is 4.74 Å².